The Kier molecular flexibility index (Phi) is 4.22. The smallest absolute Gasteiger partial charge is 0.123 e. The van der Waals surface area contributed by atoms with Gasteiger partial charge in [-0.1, -0.05) is 0 Å². The van der Waals surface area contributed by atoms with Crippen molar-refractivity contribution in [1.29, 1.82) is 0 Å². The van der Waals surface area contributed by atoms with Crippen LogP contribution >= 0.6 is 11.3 Å². The molecule has 0 saturated heterocycles. The molecule has 2 N–H and O–H groups in total. The minimum absolute atomic E-state index is 0.124. The zero-order valence-electron chi connectivity index (χ0n) is 11.3. The van der Waals surface area contributed by atoms with Gasteiger partial charge in [0.25, 0.3) is 0 Å². The lowest BCUT2D eigenvalue weighted by molar-refractivity contribution is 0.457. The Labute approximate surface area is 116 Å². The first-order chi connectivity index (χ1) is 8.97. The molecule has 0 aliphatic carbocycles. The molecule has 1 heterocycles. The second-order valence-electron chi connectivity index (χ2n) is 4.74. The third-order valence-corrected chi connectivity index (χ3v) is 4.17. The van der Waals surface area contributed by atoms with Gasteiger partial charge >= 0.3 is 0 Å². The second kappa shape index (κ2) is 5.72. The van der Waals surface area contributed by atoms with Gasteiger partial charge in [-0.3, -0.25) is 0 Å². The molecule has 0 spiro atoms. The zero-order valence-corrected chi connectivity index (χ0v) is 12.1. The van der Waals surface area contributed by atoms with Crippen LogP contribution in [-0.4, -0.2) is 5.11 Å². The number of aryl methyl sites for hydroxylation is 2. The van der Waals surface area contributed by atoms with Crippen LogP contribution in [0.15, 0.2) is 24.3 Å². The van der Waals surface area contributed by atoms with E-state index in [0.29, 0.717) is 12.1 Å². The summed E-state index contributed by atoms with van der Waals surface area (Å²) in [5, 5.41) is 13.0. The third kappa shape index (κ3) is 3.33. The van der Waals surface area contributed by atoms with Crippen molar-refractivity contribution in [2.24, 2.45) is 0 Å². The molecule has 2 nitrogen and oxygen atoms in total. The molecule has 0 amide bonds. The van der Waals surface area contributed by atoms with Crippen molar-refractivity contribution in [3.8, 4) is 5.75 Å². The first kappa shape index (κ1) is 14.0. The molecule has 0 bridgehead atoms. The van der Waals surface area contributed by atoms with Gasteiger partial charge in [-0.15, -0.1) is 11.3 Å². The zero-order chi connectivity index (χ0) is 14.0. The lowest BCUT2D eigenvalue weighted by atomic mass is 10.1. The largest absolute Gasteiger partial charge is 0.508 e. The summed E-state index contributed by atoms with van der Waals surface area (Å²) in [5.74, 6) is -0.205. The number of rotatable bonds is 4. The summed E-state index contributed by atoms with van der Waals surface area (Å²) in [6.07, 6.45) is 0. The Morgan fingerprint density at radius 2 is 2.05 bits per heavy atom. The summed E-state index contributed by atoms with van der Waals surface area (Å²) in [4.78, 5) is 2.58. The normalized spacial score (nSPS) is 12.6. The average Bonchev–Trinajstić information content (AvgIpc) is 2.69. The van der Waals surface area contributed by atoms with Gasteiger partial charge in [0.2, 0.25) is 0 Å². The van der Waals surface area contributed by atoms with Gasteiger partial charge < -0.3 is 10.4 Å². The van der Waals surface area contributed by atoms with Crippen LogP contribution in [0.3, 0.4) is 0 Å². The molecule has 1 atom stereocenters. The van der Waals surface area contributed by atoms with Gasteiger partial charge in [-0.05, 0) is 50.6 Å². The molecule has 19 heavy (non-hydrogen) atoms. The third-order valence-electron chi connectivity index (χ3n) is 3.19. The van der Waals surface area contributed by atoms with E-state index in [2.05, 4.69) is 32.2 Å². The summed E-state index contributed by atoms with van der Waals surface area (Å²) < 4.78 is 13.1. The van der Waals surface area contributed by atoms with Crippen LogP contribution in [0.1, 0.15) is 33.8 Å². The van der Waals surface area contributed by atoms with Crippen molar-refractivity contribution in [3.05, 3.63) is 51.0 Å². The van der Waals surface area contributed by atoms with Crippen LogP contribution < -0.4 is 5.32 Å². The van der Waals surface area contributed by atoms with E-state index in [1.807, 2.05) is 0 Å². The standard InChI is InChI=1S/C15H18FNOS/c1-9-6-14(11(3)19-9)10(2)17-8-12-7-13(16)4-5-15(12)18/h4-7,10,17-18H,8H2,1-3H3. The van der Waals surface area contributed by atoms with Crippen LogP contribution in [0, 0.1) is 19.7 Å². The molecule has 2 aromatic rings. The lowest BCUT2D eigenvalue weighted by Gasteiger charge is -2.14. The van der Waals surface area contributed by atoms with E-state index in [-0.39, 0.29) is 17.6 Å². The van der Waals surface area contributed by atoms with Crippen molar-refractivity contribution in [2.75, 3.05) is 0 Å². The molecule has 0 radical (unpaired) electrons. The SMILES string of the molecule is Cc1cc(C(C)NCc2cc(F)ccc2O)c(C)s1. The van der Waals surface area contributed by atoms with Crippen LogP contribution in [0.4, 0.5) is 4.39 Å². The summed E-state index contributed by atoms with van der Waals surface area (Å²) in [5.41, 5.74) is 1.84. The van der Waals surface area contributed by atoms with Crippen molar-refractivity contribution < 1.29 is 9.50 Å². The highest BCUT2D eigenvalue weighted by molar-refractivity contribution is 7.12. The summed E-state index contributed by atoms with van der Waals surface area (Å²) in [6, 6.07) is 6.35. The Bertz CT molecular complexity index is 580. The van der Waals surface area contributed by atoms with E-state index in [9.17, 15) is 9.50 Å². The molecular formula is C15H18FNOS. The monoisotopic (exact) mass is 279 g/mol. The highest BCUT2D eigenvalue weighted by Gasteiger charge is 2.11. The Morgan fingerprint density at radius 1 is 1.32 bits per heavy atom. The molecule has 1 aromatic carbocycles. The van der Waals surface area contributed by atoms with Crippen LogP contribution in [-0.2, 0) is 6.54 Å². The predicted octanol–water partition coefficient (Wildman–Crippen LogP) is 4.06. The van der Waals surface area contributed by atoms with Gasteiger partial charge in [0.1, 0.15) is 11.6 Å². The fraction of sp³-hybridized carbons (Fsp3) is 0.333. The van der Waals surface area contributed by atoms with Crippen LogP contribution in [0.25, 0.3) is 0 Å². The number of halogens is 1. The first-order valence-electron chi connectivity index (χ1n) is 6.25. The summed E-state index contributed by atoms with van der Waals surface area (Å²) in [7, 11) is 0. The van der Waals surface area contributed by atoms with E-state index in [1.54, 1.807) is 11.3 Å². The summed E-state index contributed by atoms with van der Waals surface area (Å²) in [6.45, 7) is 6.71. The predicted molar refractivity (Wildman–Crippen MR) is 77.1 cm³/mol. The average molecular weight is 279 g/mol. The maximum absolute atomic E-state index is 13.1. The topological polar surface area (TPSA) is 32.3 Å². The molecule has 0 saturated carbocycles. The van der Waals surface area contributed by atoms with Crippen LogP contribution in [0.2, 0.25) is 0 Å². The molecule has 0 aliphatic heterocycles. The number of thiophene rings is 1. The number of benzene rings is 1. The van der Waals surface area contributed by atoms with Gasteiger partial charge in [0, 0.05) is 27.9 Å². The second-order valence-corrected chi connectivity index (χ2v) is 6.20. The Balaban J connectivity index is 2.06. The number of aromatic hydroxyl groups is 1. The fourth-order valence-corrected chi connectivity index (χ4v) is 3.17. The van der Waals surface area contributed by atoms with E-state index < -0.39 is 0 Å². The maximum Gasteiger partial charge on any atom is 0.123 e. The number of hydrogen-bond donors (Lipinski definition) is 2. The Morgan fingerprint density at radius 3 is 2.68 bits per heavy atom. The maximum atomic E-state index is 13.1. The molecule has 2 rings (SSSR count). The number of phenols is 1. The molecule has 0 aliphatic rings. The van der Waals surface area contributed by atoms with E-state index in [1.165, 1.54) is 33.5 Å². The molecule has 1 unspecified atom stereocenters. The summed E-state index contributed by atoms with van der Waals surface area (Å²) >= 11 is 1.78. The van der Waals surface area contributed by atoms with Gasteiger partial charge in [-0.25, -0.2) is 4.39 Å². The number of hydrogen-bond acceptors (Lipinski definition) is 3. The van der Waals surface area contributed by atoms with E-state index in [4.69, 9.17) is 0 Å². The van der Waals surface area contributed by atoms with E-state index in [0.717, 1.165) is 0 Å². The molecule has 102 valence electrons. The highest BCUT2D eigenvalue weighted by Crippen LogP contribution is 2.27. The van der Waals surface area contributed by atoms with Crippen molar-refractivity contribution in [1.82, 2.24) is 5.32 Å². The molecule has 4 heteroatoms. The highest BCUT2D eigenvalue weighted by atomic mass is 32.1. The number of phenolic OH excluding ortho intramolecular Hbond substituents is 1. The van der Waals surface area contributed by atoms with E-state index >= 15 is 0 Å². The molecule has 0 fully saturated rings. The minimum atomic E-state index is -0.329. The van der Waals surface area contributed by atoms with Crippen LogP contribution in [0.5, 0.6) is 5.75 Å². The molecule has 1 aromatic heterocycles. The number of nitrogens with one attached hydrogen (secondary N) is 1. The molecular weight excluding hydrogens is 261 g/mol. The Hall–Kier alpha value is -1.39. The minimum Gasteiger partial charge on any atom is -0.508 e. The fourth-order valence-electron chi connectivity index (χ4n) is 2.15. The van der Waals surface area contributed by atoms with Crippen molar-refractivity contribution in [2.45, 2.75) is 33.4 Å². The van der Waals surface area contributed by atoms with Gasteiger partial charge in [-0.2, -0.15) is 0 Å². The quantitative estimate of drug-likeness (QED) is 0.884. The van der Waals surface area contributed by atoms with Crippen molar-refractivity contribution in [3.63, 3.8) is 0 Å². The lowest BCUT2D eigenvalue weighted by Crippen LogP contribution is -2.18. The van der Waals surface area contributed by atoms with Crippen molar-refractivity contribution >= 4 is 11.3 Å². The van der Waals surface area contributed by atoms with Gasteiger partial charge in [0.15, 0.2) is 0 Å². The first-order valence-corrected chi connectivity index (χ1v) is 7.06. The van der Waals surface area contributed by atoms with Gasteiger partial charge in [0.05, 0.1) is 0 Å².